The number of aromatic nitrogens is 3. The van der Waals surface area contributed by atoms with Crippen LogP contribution in [0.15, 0.2) is 35.4 Å². The van der Waals surface area contributed by atoms with Crippen LogP contribution >= 0.6 is 24.0 Å². The van der Waals surface area contributed by atoms with Crippen molar-refractivity contribution in [2.24, 2.45) is 0 Å². The minimum absolute atomic E-state index is 0.176. The number of carbonyl (C=O) groups is 1. The van der Waals surface area contributed by atoms with Crippen LogP contribution in [0, 0.1) is 13.8 Å². The number of aliphatic hydroxyl groups excluding tert-OH is 1. The molecule has 9 nitrogen and oxygen atoms in total. The van der Waals surface area contributed by atoms with Gasteiger partial charge in [-0.25, -0.2) is 15.0 Å². The van der Waals surface area contributed by atoms with Crippen LogP contribution in [0.25, 0.3) is 0 Å². The van der Waals surface area contributed by atoms with E-state index in [1.165, 1.54) is 11.3 Å². The Morgan fingerprint density at radius 3 is 2.73 bits per heavy atom. The highest BCUT2D eigenvalue weighted by Crippen LogP contribution is 2.27. The lowest BCUT2D eigenvalue weighted by Crippen LogP contribution is -2.47. The lowest BCUT2D eigenvalue weighted by Gasteiger charge is -2.35. The molecule has 2 aromatic heterocycles. The zero-order valence-corrected chi connectivity index (χ0v) is 20.3. The van der Waals surface area contributed by atoms with E-state index in [1.54, 1.807) is 6.20 Å². The highest BCUT2D eigenvalue weighted by Gasteiger charge is 2.19. The van der Waals surface area contributed by atoms with Crippen LogP contribution in [0.3, 0.4) is 0 Å². The molecule has 174 valence electrons. The van der Waals surface area contributed by atoms with Crippen molar-refractivity contribution in [2.75, 3.05) is 54.9 Å². The first-order chi connectivity index (χ1) is 15.9. The zero-order chi connectivity index (χ0) is 23.4. The molecule has 0 saturated carbocycles. The highest BCUT2D eigenvalue weighted by molar-refractivity contribution is 7.80. The Morgan fingerprint density at radius 2 is 2.00 bits per heavy atom. The summed E-state index contributed by atoms with van der Waals surface area (Å²) in [6, 6.07) is 7.56. The van der Waals surface area contributed by atoms with Crippen LogP contribution in [0.4, 0.5) is 22.5 Å². The number of piperazine rings is 1. The lowest BCUT2D eigenvalue weighted by atomic mass is 10.2. The Kier molecular flexibility index (Phi) is 7.43. The van der Waals surface area contributed by atoms with Crippen molar-refractivity contribution in [2.45, 2.75) is 18.7 Å². The molecule has 0 atom stereocenters. The molecular weight excluding hydrogens is 458 g/mol. The van der Waals surface area contributed by atoms with Gasteiger partial charge in [-0.1, -0.05) is 23.5 Å². The number of β-amino-alcohol motifs (C(OH)–C–C–N with tert-alkyl or cyclic N) is 1. The number of aryl methyl sites for hydroxylation is 2. The summed E-state index contributed by atoms with van der Waals surface area (Å²) in [5, 5.41) is 15.8. The number of anilines is 4. The van der Waals surface area contributed by atoms with Crippen LogP contribution in [0.2, 0.25) is 0 Å². The minimum Gasteiger partial charge on any atom is -0.395 e. The van der Waals surface area contributed by atoms with Gasteiger partial charge in [0.05, 0.1) is 18.5 Å². The number of rotatable bonds is 7. The van der Waals surface area contributed by atoms with Gasteiger partial charge in [-0.15, -0.1) is 12.6 Å². The average molecular weight is 486 g/mol. The van der Waals surface area contributed by atoms with Gasteiger partial charge in [0.2, 0.25) is 0 Å². The van der Waals surface area contributed by atoms with E-state index in [-0.39, 0.29) is 12.5 Å². The van der Waals surface area contributed by atoms with Gasteiger partial charge in [0.1, 0.15) is 22.3 Å². The largest absolute Gasteiger partial charge is 0.395 e. The van der Waals surface area contributed by atoms with Gasteiger partial charge in [-0.3, -0.25) is 9.69 Å². The predicted molar refractivity (Wildman–Crippen MR) is 134 cm³/mol. The Labute approximate surface area is 202 Å². The van der Waals surface area contributed by atoms with Crippen molar-refractivity contribution in [3.05, 3.63) is 46.7 Å². The molecular formula is C22H27N7O2S2. The maximum absolute atomic E-state index is 12.7. The number of benzene rings is 1. The second-order valence-corrected chi connectivity index (χ2v) is 9.30. The fraction of sp³-hybridized carbons (Fsp3) is 0.364. The van der Waals surface area contributed by atoms with Crippen molar-refractivity contribution in [3.8, 4) is 0 Å². The molecule has 1 amide bonds. The summed E-state index contributed by atoms with van der Waals surface area (Å²) in [5.41, 5.74) is 1.64. The third-order valence-electron chi connectivity index (χ3n) is 5.39. The van der Waals surface area contributed by atoms with Gasteiger partial charge in [0.25, 0.3) is 5.91 Å². The number of hydrogen-bond acceptors (Lipinski definition) is 10. The second-order valence-electron chi connectivity index (χ2n) is 7.79. The van der Waals surface area contributed by atoms with Gasteiger partial charge < -0.3 is 20.6 Å². The van der Waals surface area contributed by atoms with Crippen LogP contribution in [0.1, 0.15) is 21.1 Å². The van der Waals surface area contributed by atoms with E-state index in [1.807, 2.05) is 38.1 Å². The molecule has 33 heavy (non-hydrogen) atoms. The normalized spacial score (nSPS) is 14.4. The van der Waals surface area contributed by atoms with Crippen molar-refractivity contribution in [3.63, 3.8) is 0 Å². The number of nitrogens with one attached hydrogen (secondary N) is 2. The van der Waals surface area contributed by atoms with Gasteiger partial charge in [0.15, 0.2) is 5.13 Å². The summed E-state index contributed by atoms with van der Waals surface area (Å²) in [6.45, 7) is 8.09. The fourth-order valence-corrected chi connectivity index (χ4v) is 4.69. The Bertz CT molecular complexity index is 1110. The molecule has 0 bridgehead atoms. The maximum Gasteiger partial charge on any atom is 0.267 e. The molecule has 11 heteroatoms. The van der Waals surface area contributed by atoms with Crippen LogP contribution < -0.4 is 15.5 Å². The van der Waals surface area contributed by atoms with Gasteiger partial charge in [-0.2, -0.15) is 0 Å². The van der Waals surface area contributed by atoms with E-state index in [2.05, 4.69) is 48.0 Å². The van der Waals surface area contributed by atoms with E-state index < -0.39 is 0 Å². The van der Waals surface area contributed by atoms with Crippen molar-refractivity contribution < 1.29 is 9.90 Å². The van der Waals surface area contributed by atoms with Gasteiger partial charge >= 0.3 is 0 Å². The van der Waals surface area contributed by atoms with Crippen LogP contribution in [-0.2, 0) is 0 Å². The third kappa shape index (κ3) is 5.80. The van der Waals surface area contributed by atoms with E-state index in [9.17, 15) is 4.79 Å². The van der Waals surface area contributed by atoms with E-state index in [0.29, 0.717) is 38.8 Å². The molecule has 1 aliphatic heterocycles. The number of nitrogens with zero attached hydrogens (tertiary/aromatic N) is 5. The molecule has 1 saturated heterocycles. The van der Waals surface area contributed by atoms with E-state index in [0.717, 1.165) is 37.6 Å². The van der Waals surface area contributed by atoms with Crippen LogP contribution in [-0.4, -0.2) is 70.2 Å². The number of aliphatic hydroxyl groups is 1. The molecule has 1 fully saturated rings. The molecule has 0 unspecified atom stereocenters. The second kappa shape index (κ2) is 10.5. The molecule has 3 aromatic rings. The first-order valence-electron chi connectivity index (χ1n) is 10.7. The summed E-state index contributed by atoms with van der Waals surface area (Å²) >= 11 is 5.69. The Balaban J connectivity index is 1.43. The summed E-state index contributed by atoms with van der Waals surface area (Å²) in [7, 11) is 0. The van der Waals surface area contributed by atoms with Gasteiger partial charge in [0, 0.05) is 43.7 Å². The first-order valence-corrected chi connectivity index (χ1v) is 12.0. The zero-order valence-electron chi connectivity index (χ0n) is 18.6. The molecule has 3 heterocycles. The highest BCUT2D eigenvalue weighted by atomic mass is 32.1. The SMILES string of the molecule is Cc1nc(Nc2ncc(C(=O)Nc3c(C)cccc3S)s2)cc(N2CCN(CCO)CC2)n1. The standard InChI is InChI=1S/C22H27N7O2S2/c1-14-4-3-5-16(32)20(14)27-21(31)17-13-23-22(33-17)26-18-12-19(25-15(2)24-18)29-8-6-28(7-9-29)10-11-30/h3-5,12-13,30,32H,6-11H2,1-2H3,(H,27,31)(H,23,24,25,26). The monoisotopic (exact) mass is 485 g/mol. The quantitative estimate of drug-likeness (QED) is 0.379. The molecule has 0 radical (unpaired) electrons. The number of thiazole rings is 1. The number of carbonyl (C=O) groups excluding carboxylic acids is 1. The van der Waals surface area contributed by atoms with Crippen molar-refractivity contribution in [1.29, 1.82) is 0 Å². The van der Waals surface area contributed by atoms with Gasteiger partial charge in [-0.05, 0) is 25.5 Å². The predicted octanol–water partition coefficient (Wildman–Crippen LogP) is 2.95. The first kappa shape index (κ1) is 23.4. The average Bonchev–Trinajstić information content (AvgIpc) is 3.25. The molecule has 4 rings (SSSR count). The Morgan fingerprint density at radius 1 is 1.21 bits per heavy atom. The molecule has 1 aromatic carbocycles. The van der Waals surface area contributed by atoms with E-state index in [4.69, 9.17) is 5.11 Å². The minimum atomic E-state index is -0.231. The topological polar surface area (TPSA) is 107 Å². The van der Waals surface area contributed by atoms with Crippen LogP contribution in [0.5, 0.6) is 0 Å². The molecule has 0 aliphatic carbocycles. The van der Waals surface area contributed by atoms with E-state index >= 15 is 0 Å². The smallest absolute Gasteiger partial charge is 0.267 e. The molecule has 3 N–H and O–H groups in total. The number of thiol groups is 1. The summed E-state index contributed by atoms with van der Waals surface area (Å²) in [6.07, 6.45) is 1.55. The number of para-hydroxylation sites is 1. The molecule has 1 aliphatic rings. The fourth-order valence-electron chi connectivity index (χ4n) is 3.66. The summed E-state index contributed by atoms with van der Waals surface area (Å²) in [5.74, 6) is 1.91. The van der Waals surface area contributed by atoms with Crippen molar-refractivity contribution in [1.82, 2.24) is 19.9 Å². The third-order valence-corrected chi connectivity index (χ3v) is 6.67. The Hall–Kier alpha value is -2.73. The lowest BCUT2D eigenvalue weighted by molar-refractivity contribution is 0.103. The molecule has 0 spiro atoms. The number of hydrogen-bond donors (Lipinski definition) is 4. The number of amides is 1. The maximum atomic E-state index is 12.7. The summed E-state index contributed by atoms with van der Waals surface area (Å²) < 4.78 is 0. The summed E-state index contributed by atoms with van der Waals surface area (Å²) in [4.78, 5) is 31.8. The van der Waals surface area contributed by atoms with Crippen molar-refractivity contribution >= 4 is 52.3 Å².